The summed E-state index contributed by atoms with van der Waals surface area (Å²) in [6, 6.07) is 0. The van der Waals surface area contributed by atoms with E-state index >= 15 is 0 Å². The zero-order valence-electron chi connectivity index (χ0n) is 4.80. The van der Waals surface area contributed by atoms with Gasteiger partial charge in [-0.1, -0.05) is 6.08 Å². The Hall–Kier alpha value is -0.300. The van der Waals surface area contributed by atoms with E-state index in [-0.39, 0.29) is 6.10 Å². The monoisotopic (exact) mass is 110 g/mol. The number of rotatable bonds is 0. The number of fused-ring (bicyclic) bond motifs is 2. The van der Waals surface area contributed by atoms with Gasteiger partial charge in [-0.15, -0.1) is 0 Å². The van der Waals surface area contributed by atoms with Crippen molar-refractivity contribution in [2.75, 3.05) is 0 Å². The molecule has 1 N–H and O–H groups in total. The first-order chi connectivity index (χ1) is 3.86. The second-order valence-corrected chi connectivity index (χ2v) is 2.84. The highest BCUT2D eigenvalue weighted by Gasteiger charge is 2.31. The van der Waals surface area contributed by atoms with Gasteiger partial charge in [-0.25, -0.2) is 0 Å². The molecule has 44 valence electrons. The van der Waals surface area contributed by atoms with E-state index in [0.717, 1.165) is 12.3 Å². The van der Waals surface area contributed by atoms with E-state index in [1.54, 1.807) is 0 Å². The van der Waals surface area contributed by atoms with E-state index in [0.29, 0.717) is 0 Å². The third-order valence-electron chi connectivity index (χ3n) is 2.22. The molecule has 0 spiro atoms. The highest BCUT2D eigenvalue weighted by Crippen LogP contribution is 2.39. The summed E-state index contributed by atoms with van der Waals surface area (Å²) in [4.78, 5) is 0. The van der Waals surface area contributed by atoms with Crippen LogP contribution in [0, 0.1) is 5.92 Å². The molecule has 1 heteroatoms. The molecule has 0 aromatic heterocycles. The minimum absolute atomic E-state index is 0.0613. The molecule has 0 aromatic carbocycles. The van der Waals surface area contributed by atoms with Gasteiger partial charge in [0.2, 0.25) is 0 Å². The van der Waals surface area contributed by atoms with Crippen LogP contribution in [0.25, 0.3) is 0 Å². The first-order valence-corrected chi connectivity index (χ1v) is 3.23. The zero-order chi connectivity index (χ0) is 5.56. The van der Waals surface area contributed by atoms with Crippen molar-refractivity contribution in [1.82, 2.24) is 0 Å². The van der Waals surface area contributed by atoms with Gasteiger partial charge in [0.15, 0.2) is 0 Å². The average Bonchev–Trinajstić information content (AvgIpc) is 2.23. The van der Waals surface area contributed by atoms with E-state index in [1.165, 1.54) is 18.4 Å². The van der Waals surface area contributed by atoms with Crippen LogP contribution >= 0.6 is 0 Å². The molecule has 2 atom stereocenters. The third-order valence-corrected chi connectivity index (χ3v) is 2.22. The van der Waals surface area contributed by atoms with Crippen molar-refractivity contribution in [2.45, 2.75) is 25.4 Å². The van der Waals surface area contributed by atoms with Crippen molar-refractivity contribution in [2.24, 2.45) is 5.92 Å². The van der Waals surface area contributed by atoms with Crippen LogP contribution in [-0.2, 0) is 0 Å². The number of hydrogen-bond acceptors (Lipinski definition) is 1. The largest absolute Gasteiger partial charge is 0.389 e. The van der Waals surface area contributed by atoms with Crippen LogP contribution in [0.4, 0.5) is 0 Å². The highest BCUT2D eigenvalue weighted by atomic mass is 16.3. The number of aliphatic hydroxyl groups excluding tert-OH is 1. The lowest BCUT2D eigenvalue weighted by molar-refractivity contribution is 0.202. The molecule has 2 unspecified atom stereocenters. The zero-order valence-corrected chi connectivity index (χ0v) is 4.80. The van der Waals surface area contributed by atoms with Gasteiger partial charge in [0.1, 0.15) is 0 Å². The number of allylic oxidation sites excluding steroid dienone is 1. The second kappa shape index (κ2) is 1.35. The Morgan fingerprint density at radius 1 is 1.62 bits per heavy atom. The number of hydrogen-bond donors (Lipinski definition) is 1. The predicted octanol–water partition coefficient (Wildman–Crippen LogP) is 1.09. The van der Waals surface area contributed by atoms with E-state index in [1.807, 2.05) is 0 Å². The molecular weight excluding hydrogens is 100 g/mol. The minimum Gasteiger partial charge on any atom is -0.389 e. The summed E-state index contributed by atoms with van der Waals surface area (Å²) < 4.78 is 0. The first kappa shape index (κ1) is 4.57. The fourth-order valence-electron chi connectivity index (χ4n) is 1.74. The van der Waals surface area contributed by atoms with Gasteiger partial charge in [0, 0.05) is 0 Å². The topological polar surface area (TPSA) is 20.2 Å². The summed E-state index contributed by atoms with van der Waals surface area (Å²) in [5, 5.41) is 9.15. The normalized spacial score (nSPS) is 42.9. The van der Waals surface area contributed by atoms with Gasteiger partial charge in [0.25, 0.3) is 0 Å². The SMILES string of the molecule is OC1CC2CC=C1C2. The molecule has 0 heterocycles. The smallest absolute Gasteiger partial charge is 0.0753 e. The van der Waals surface area contributed by atoms with Crippen molar-refractivity contribution >= 4 is 0 Å². The van der Waals surface area contributed by atoms with Crippen LogP contribution in [0.3, 0.4) is 0 Å². The fraction of sp³-hybridized carbons (Fsp3) is 0.714. The van der Waals surface area contributed by atoms with Crippen molar-refractivity contribution in [3.8, 4) is 0 Å². The van der Waals surface area contributed by atoms with Gasteiger partial charge >= 0.3 is 0 Å². The van der Waals surface area contributed by atoms with E-state index < -0.39 is 0 Å². The molecule has 2 aliphatic rings. The molecule has 2 bridgehead atoms. The molecule has 1 saturated carbocycles. The second-order valence-electron chi connectivity index (χ2n) is 2.84. The van der Waals surface area contributed by atoms with Gasteiger partial charge in [-0.2, -0.15) is 0 Å². The Morgan fingerprint density at radius 3 is 2.75 bits per heavy atom. The van der Waals surface area contributed by atoms with Crippen molar-refractivity contribution in [3.05, 3.63) is 11.6 Å². The van der Waals surface area contributed by atoms with Gasteiger partial charge in [-0.05, 0) is 30.8 Å². The van der Waals surface area contributed by atoms with E-state index in [4.69, 9.17) is 5.11 Å². The molecule has 1 fully saturated rings. The lowest BCUT2D eigenvalue weighted by atomic mass is 10.0. The van der Waals surface area contributed by atoms with Crippen LogP contribution in [0.1, 0.15) is 19.3 Å². The Labute approximate surface area is 49.0 Å². The molecule has 0 aromatic rings. The highest BCUT2D eigenvalue weighted by molar-refractivity contribution is 5.20. The molecule has 0 aliphatic heterocycles. The molecule has 2 aliphatic carbocycles. The maximum atomic E-state index is 9.15. The van der Waals surface area contributed by atoms with Gasteiger partial charge in [0.05, 0.1) is 6.10 Å². The molecule has 0 amide bonds. The van der Waals surface area contributed by atoms with E-state index in [2.05, 4.69) is 6.08 Å². The maximum absolute atomic E-state index is 9.15. The summed E-state index contributed by atoms with van der Waals surface area (Å²) in [6.07, 6.45) is 5.58. The summed E-state index contributed by atoms with van der Waals surface area (Å²) in [6.45, 7) is 0. The standard InChI is InChI=1S/C7H10O/c8-7-4-5-1-2-6(7)3-5/h2,5,7-8H,1,3-4H2. The molecule has 0 saturated heterocycles. The Balaban J connectivity index is 2.28. The molecule has 0 radical (unpaired) electrons. The van der Waals surface area contributed by atoms with Crippen LogP contribution in [0.2, 0.25) is 0 Å². The molecule has 1 nitrogen and oxygen atoms in total. The lowest BCUT2D eigenvalue weighted by Gasteiger charge is -2.06. The Bertz CT molecular complexity index is 137. The summed E-state index contributed by atoms with van der Waals surface area (Å²) in [5.41, 5.74) is 1.30. The average molecular weight is 110 g/mol. The van der Waals surface area contributed by atoms with Gasteiger partial charge < -0.3 is 5.11 Å². The van der Waals surface area contributed by atoms with Crippen LogP contribution in [-0.4, -0.2) is 11.2 Å². The Kier molecular flexibility index (Phi) is 0.770. The minimum atomic E-state index is -0.0613. The van der Waals surface area contributed by atoms with Crippen molar-refractivity contribution in [3.63, 3.8) is 0 Å². The summed E-state index contributed by atoms with van der Waals surface area (Å²) in [5.74, 6) is 0.806. The first-order valence-electron chi connectivity index (χ1n) is 3.23. The number of aliphatic hydroxyl groups is 1. The summed E-state index contributed by atoms with van der Waals surface area (Å²) in [7, 11) is 0. The van der Waals surface area contributed by atoms with E-state index in [9.17, 15) is 0 Å². The Morgan fingerprint density at radius 2 is 2.50 bits per heavy atom. The molecule has 8 heavy (non-hydrogen) atoms. The van der Waals surface area contributed by atoms with Gasteiger partial charge in [-0.3, -0.25) is 0 Å². The van der Waals surface area contributed by atoms with Crippen molar-refractivity contribution < 1.29 is 5.11 Å². The molecular formula is C7H10O. The lowest BCUT2D eigenvalue weighted by Crippen LogP contribution is -2.05. The quantitative estimate of drug-likeness (QED) is 0.463. The predicted molar refractivity (Wildman–Crippen MR) is 31.4 cm³/mol. The summed E-state index contributed by atoms with van der Waals surface area (Å²) >= 11 is 0. The molecule has 2 rings (SSSR count). The maximum Gasteiger partial charge on any atom is 0.0753 e. The third kappa shape index (κ3) is 0.451. The van der Waals surface area contributed by atoms with Crippen LogP contribution in [0.15, 0.2) is 11.6 Å². The van der Waals surface area contributed by atoms with Crippen LogP contribution < -0.4 is 0 Å². The van der Waals surface area contributed by atoms with Crippen LogP contribution in [0.5, 0.6) is 0 Å². The fourth-order valence-corrected chi connectivity index (χ4v) is 1.74. The van der Waals surface area contributed by atoms with Crippen molar-refractivity contribution in [1.29, 1.82) is 0 Å².